The Morgan fingerprint density at radius 3 is 2.37 bits per heavy atom. The van der Waals surface area contributed by atoms with Crippen molar-refractivity contribution in [1.29, 1.82) is 0 Å². The van der Waals surface area contributed by atoms with Crippen LogP contribution in [0.1, 0.15) is 70.7 Å². The third kappa shape index (κ3) is 8.62. The zero-order valence-electron chi connectivity index (χ0n) is 25.6. The Hall–Kier alpha value is -2.77. The summed E-state index contributed by atoms with van der Waals surface area (Å²) in [6.07, 6.45) is 2.97. The first-order valence-corrected chi connectivity index (χ1v) is 14.9. The number of anilines is 1. The molecular weight excluding hydrogens is 541 g/mol. The molecule has 6 nitrogen and oxygen atoms in total. The van der Waals surface area contributed by atoms with E-state index in [0.29, 0.717) is 60.0 Å². The minimum absolute atomic E-state index is 0.0747. The van der Waals surface area contributed by atoms with Crippen LogP contribution in [-0.4, -0.2) is 67.7 Å². The Morgan fingerprint density at radius 1 is 1.07 bits per heavy atom. The van der Waals surface area contributed by atoms with Crippen molar-refractivity contribution in [3.63, 3.8) is 0 Å². The van der Waals surface area contributed by atoms with E-state index in [0.717, 1.165) is 19.3 Å². The van der Waals surface area contributed by atoms with Crippen LogP contribution in [-0.2, 0) is 9.59 Å². The molecule has 224 valence electrons. The standard InChI is InChI=1S/C33H45ClFN3O3/c1-8-23-10-9-15-37(31(40)20-33(3,4)5)21-28(23)32(41)38(17-16-36(6)7)30-14-11-24(18-27(30)22(2)39)26-13-12-25(34)19-29(26)35/h11-14,18-19,23,28H,8-10,15-17,20-21H2,1-7H3. The molecule has 2 aromatic carbocycles. The van der Waals surface area contributed by atoms with Gasteiger partial charge in [0.1, 0.15) is 5.82 Å². The number of rotatable bonds is 9. The van der Waals surface area contributed by atoms with Crippen LogP contribution in [0.5, 0.6) is 0 Å². The average Bonchev–Trinajstić information content (AvgIpc) is 3.10. The van der Waals surface area contributed by atoms with Crippen molar-refractivity contribution in [3.05, 3.63) is 52.8 Å². The predicted octanol–water partition coefficient (Wildman–Crippen LogP) is 6.94. The Morgan fingerprint density at radius 2 is 1.78 bits per heavy atom. The van der Waals surface area contributed by atoms with Gasteiger partial charge in [-0.15, -0.1) is 0 Å². The summed E-state index contributed by atoms with van der Waals surface area (Å²) < 4.78 is 14.8. The van der Waals surface area contributed by atoms with Crippen LogP contribution in [0, 0.1) is 23.1 Å². The molecule has 1 aliphatic heterocycles. The highest BCUT2D eigenvalue weighted by molar-refractivity contribution is 6.30. The maximum absolute atomic E-state index is 14.8. The molecule has 0 aliphatic carbocycles. The van der Waals surface area contributed by atoms with Gasteiger partial charge in [-0.3, -0.25) is 14.4 Å². The summed E-state index contributed by atoms with van der Waals surface area (Å²) in [4.78, 5) is 46.3. The topological polar surface area (TPSA) is 60.9 Å². The fraction of sp³-hybridized carbons (Fsp3) is 0.545. The van der Waals surface area contributed by atoms with E-state index in [9.17, 15) is 18.8 Å². The third-order valence-corrected chi connectivity index (χ3v) is 8.05. The van der Waals surface area contributed by atoms with Crippen molar-refractivity contribution in [2.24, 2.45) is 17.3 Å². The first-order valence-electron chi connectivity index (χ1n) is 14.6. The number of hydrogen-bond acceptors (Lipinski definition) is 4. The van der Waals surface area contributed by atoms with Crippen molar-refractivity contribution >= 4 is 34.9 Å². The Kier molecular flexibility index (Phi) is 11.1. The maximum atomic E-state index is 14.8. The van der Waals surface area contributed by atoms with Crippen molar-refractivity contribution in [2.75, 3.05) is 45.2 Å². The Labute approximate surface area is 249 Å². The number of likely N-dealkylation sites (tertiary alicyclic amines) is 1. The molecule has 41 heavy (non-hydrogen) atoms. The van der Waals surface area contributed by atoms with E-state index in [2.05, 4.69) is 6.92 Å². The second-order valence-corrected chi connectivity index (χ2v) is 13.1. The van der Waals surface area contributed by atoms with Crippen LogP contribution in [0.15, 0.2) is 36.4 Å². The second-order valence-electron chi connectivity index (χ2n) is 12.7. The summed E-state index contributed by atoms with van der Waals surface area (Å²) in [7, 11) is 3.88. The number of Topliss-reactive ketones (excluding diaryl/α,β-unsaturated/α-hetero) is 1. The van der Waals surface area contributed by atoms with Crippen LogP contribution >= 0.6 is 11.6 Å². The van der Waals surface area contributed by atoms with E-state index in [1.807, 2.05) is 44.7 Å². The highest BCUT2D eigenvalue weighted by atomic mass is 35.5. The van der Waals surface area contributed by atoms with Gasteiger partial charge in [-0.05, 0) is 81.1 Å². The van der Waals surface area contributed by atoms with Gasteiger partial charge < -0.3 is 14.7 Å². The second kappa shape index (κ2) is 13.9. The molecule has 2 unspecified atom stereocenters. The summed E-state index contributed by atoms with van der Waals surface area (Å²) in [6, 6.07) is 9.59. The number of likely N-dealkylation sites (N-methyl/N-ethyl adjacent to an activating group) is 1. The first kappa shape index (κ1) is 32.7. The number of benzene rings is 2. The SMILES string of the molecule is CCC1CCCN(C(=O)CC(C)(C)C)CC1C(=O)N(CCN(C)C)c1ccc(-c2ccc(Cl)cc2F)cc1C(C)=O. The molecule has 1 heterocycles. The monoisotopic (exact) mass is 585 g/mol. The van der Waals surface area contributed by atoms with E-state index < -0.39 is 5.82 Å². The smallest absolute Gasteiger partial charge is 0.232 e. The number of carbonyl (C=O) groups is 3. The van der Waals surface area contributed by atoms with E-state index in [-0.39, 0.29) is 34.8 Å². The zero-order valence-corrected chi connectivity index (χ0v) is 26.4. The van der Waals surface area contributed by atoms with Crippen LogP contribution in [0.25, 0.3) is 11.1 Å². The molecule has 2 amide bonds. The minimum Gasteiger partial charge on any atom is -0.342 e. The van der Waals surface area contributed by atoms with Gasteiger partial charge in [0.2, 0.25) is 11.8 Å². The lowest BCUT2D eigenvalue weighted by molar-refractivity contribution is -0.134. The Balaban J connectivity index is 2.05. The van der Waals surface area contributed by atoms with Gasteiger partial charge in [0.25, 0.3) is 0 Å². The highest BCUT2D eigenvalue weighted by Gasteiger charge is 2.37. The van der Waals surface area contributed by atoms with Gasteiger partial charge in [0.15, 0.2) is 5.78 Å². The molecule has 0 spiro atoms. The number of halogens is 2. The summed E-state index contributed by atoms with van der Waals surface area (Å²) in [6.45, 7) is 11.7. The summed E-state index contributed by atoms with van der Waals surface area (Å²) in [5.41, 5.74) is 1.58. The zero-order chi connectivity index (χ0) is 30.5. The molecule has 2 aromatic rings. The fourth-order valence-corrected chi connectivity index (χ4v) is 5.74. The predicted molar refractivity (Wildman–Crippen MR) is 165 cm³/mol. The van der Waals surface area contributed by atoms with E-state index >= 15 is 0 Å². The van der Waals surface area contributed by atoms with Gasteiger partial charge in [-0.25, -0.2) is 4.39 Å². The van der Waals surface area contributed by atoms with E-state index in [4.69, 9.17) is 11.6 Å². The quantitative estimate of drug-likeness (QED) is 0.299. The van der Waals surface area contributed by atoms with Crippen LogP contribution < -0.4 is 4.90 Å². The molecule has 1 fully saturated rings. The maximum Gasteiger partial charge on any atom is 0.232 e. The van der Waals surface area contributed by atoms with Crippen LogP contribution in [0.4, 0.5) is 10.1 Å². The lowest BCUT2D eigenvalue weighted by Crippen LogP contribution is -2.47. The van der Waals surface area contributed by atoms with Crippen molar-refractivity contribution in [1.82, 2.24) is 9.80 Å². The van der Waals surface area contributed by atoms with Gasteiger partial charge in [0.05, 0.1) is 11.6 Å². The fourth-order valence-electron chi connectivity index (χ4n) is 5.58. The van der Waals surface area contributed by atoms with Crippen molar-refractivity contribution in [2.45, 2.75) is 60.3 Å². The molecule has 0 aromatic heterocycles. The minimum atomic E-state index is -0.482. The van der Waals surface area contributed by atoms with Crippen LogP contribution in [0.3, 0.4) is 0 Å². The first-order chi connectivity index (χ1) is 19.2. The lowest BCUT2D eigenvalue weighted by Gasteiger charge is -2.34. The molecule has 0 radical (unpaired) electrons. The van der Waals surface area contributed by atoms with E-state index in [1.165, 1.54) is 13.0 Å². The van der Waals surface area contributed by atoms with Crippen molar-refractivity contribution in [3.8, 4) is 11.1 Å². The number of nitrogens with zero attached hydrogens (tertiary/aromatic N) is 3. The summed E-state index contributed by atoms with van der Waals surface area (Å²) in [5.74, 6) is -0.965. The molecule has 0 bridgehead atoms. The molecule has 8 heteroatoms. The van der Waals surface area contributed by atoms with Gasteiger partial charge in [-0.1, -0.05) is 51.8 Å². The summed E-state index contributed by atoms with van der Waals surface area (Å²) in [5, 5.41) is 0.291. The van der Waals surface area contributed by atoms with Gasteiger partial charge >= 0.3 is 0 Å². The average molecular weight is 586 g/mol. The molecule has 0 N–H and O–H groups in total. The highest BCUT2D eigenvalue weighted by Crippen LogP contribution is 2.34. The summed E-state index contributed by atoms with van der Waals surface area (Å²) >= 11 is 5.95. The van der Waals surface area contributed by atoms with Crippen LogP contribution in [0.2, 0.25) is 5.02 Å². The van der Waals surface area contributed by atoms with Gasteiger partial charge in [0, 0.05) is 48.7 Å². The lowest BCUT2D eigenvalue weighted by atomic mass is 9.85. The van der Waals surface area contributed by atoms with E-state index in [1.54, 1.807) is 35.2 Å². The number of ketones is 1. The number of carbonyl (C=O) groups excluding carboxylic acids is 3. The number of amides is 2. The molecule has 2 atom stereocenters. The molecule has 3 rings (SSSR count). The van der Waals surface area contributed by atoms with Gasteiger partial charge in [-0.2, -0.15) is 0 Å². The molecule has 1 aliphatic rings. The normalized spacial score (nSPS) is 17.9. The Bertz CT molecular complexity index is 1260. The molecule has 0 saturated carbocycles. The van der Waals surface area contributed by atoms with Crippen molar-refractivity contribution < 1.29 is 18.8 Å². The largest absolute Gasteiger partial charge is 0.342 e. The third-order valence-electron chi connectivity index (χ3n) is 7.81. The molecule has 1 saturated heterocycles. The molecular formula is C33H45ClFN3O3. The number of hydrogen-bond donors (Lipinski definition) is 0.